The van der Waals surface area contributed by atoms with E-state index in [0.29, 0.717) is 30.1 Å². The SMILES string of the molecule is C=CCC12CC(OC)C(O)C(OC)(C1=O)C(c1cc(OC)c3c(c1)OCO3)C2C. The van der Waals surface area contributed by atoms with Gasteiger partial charge < -0.3 is 28.8 Å². The Balaban J connectivity index is 1.94. The Bertz CT molecular complexity index is 837. The molecular formula is C22H28O7. The lowest BCUT2D eigenvalue weighted by molar-refractivity contribution is -0.190. The molecule has 158 valence electrons. The van der Waals surface area contributed by atoms with Gasteiger partial charge in [-0.3, -0.25) is 4.79 Å². The number of benzene rings is 1. The molecule has 2 fully saturated rings. The number of Topliss-reactive ketones (excluding diaryl/α,β-unsaturated/α-hetero) is 1. The maximum absolute atomic E-state index is 13.8. The van der Waals surface area contributed by atoms with Gasteiger partial charge in [-0.15, -0.1) is 6.58 Å². The first-order chi connectivity index (χ1) is 13.9. The summed E-state index contributed by atoms with van der Waals surface area (Å²) in [4.78, 5) is 13.8. The van der Waals surface area contributed by atoms with Gasteiger partial charge in [-0.1, -0.05) is 13.0 Å². The quantitative estimate of drug-likeness (QED) is 0.729. The molecule has 0 radical (unpaired) electrons. The standard InChI is InChI=1S/C22H28O7/c1-6-7-21-10-16(26-4)19(23)22(27-5,20(21)24)17(12(21)2)13-8-14(25-3)18-15(9-13)28-11-29-18/h6,8-9,12,16-17,19,23H,1,7,10-11H2,2-5H3. The van der Waals surface area contributed by atoms with E-state index in [2.05, 4.69) is 6.58 Å². The molecule has 1 N–H and O–H groups in total. The van der Waals surface area contributed by atoms with Crippen molar-refractivity contribution in [2.45, 2.75) is 43.5 Å². The fourth-order valence-electron chi connectivity index (χ4n) is 5.81. The first kappa shape index (κ1) is 20.2. The second-order valence-electron chi connectivity index (χ2n) is 8.12. The molecule has 3 aliphatic rings. The van der Waals surface area contributed by atoms with E-state index in [-0.39, 0.29) is 18.5 Å². The van der Waals surface area contributed by atoms with Gasteiger partial charge in [0.15, 0.2) is 22.9 Å². The zero-order chi connectivity index (χ0) is 21.0. The number of allylic oxidation sites excluding steroid dienone is 1. The van der Waals surface area contributed by atoms with Gasteiger partial charge in [0.25, 0.3) is 0 Å². The largest absolute Gasteiger partial charge is 0.493 e. The second-order valence-corrected chi connectivity index (χ2v) is 8.12. The van der Waals surface area contributed by atoms with Crippen LogP contribution in [0.1, 0.15) is 31.2 Å². The van der Waals surface area contributed by atoms with Crippen LogP contribution in [0.25, 0.3) is 0 Å². The third kappa shape index (κ3) is 2.44. The number of hydrogen-bond acceptors (Lipinski definition) is 7. The van der Waals surface area contributed by atoms with Gasteiger partial charge in [-0.05, 0) is 36.5 Å². The zero-order valence-electron chi connectivity index (χ0n) is 17.3. The Morgan fingerprint density at radius 3 is 2.69 bits per heavy atom. The van der Waals surface area contributed by atoms with Crippen molar-refractivity contribution >= 4 is 5.78 Å². The molecule has 0 spiro atoms. The zero-order valence-corrected chi connectivity index (χ0v) is 17.3. The minimum absolute atomic E-state index is 0.0951. The minimum Gasteiger partial charge on any atom is -0.493 e. The summed E-state index contributed by atoms with van der Waals surface area (Å²) in [5.74, 6) is 0.979. The van der Waals surface area contributed by atoms with Crippen LogP contribution >= 0.6 is 0 Å². The first-order valence-electron chi connectivity index (χ1n) is 9.80. The molecule has 4 rings (SSSR count). The Morgan fingerprint density at radius 2 is 2.07 bits per heavy atom. The Hall–Kier alpha value is -2.09. The molecule has 0 amide bonds. The molecule has 1 aliphatic heterocycles. The smallest absolute Gasteiger partial charge is 0.231 e. The summed E-state index contributed by atoms with van der Waals surface area (Å²) in [5, 5.41) is 11.2. The normalized spacial score (nSPS) is 37.6. The molecule has 2 aliphatic carbocycles. The Labute approximate surface area is 170 Å². The number of rotatable bonds is 6. The van der Waals surface area contributed by atoms with Gasteiger partial charge in [0.1, 0.15) is 6.10 Å². The average Bonchev–Trinajstić information content (AvgIpc) is 3.24. The number of methoxy groups -OCH3 is 3. The van der Waals surface area contributed by atoms with E-state index in [4.69, 9.17) is 23.7 Å². The Kier molecular flexibility index (Phi) is 4.88. The summed E-state index contributed by atoms with van der Waals surface area (Å²) in [6, 6.07) is 3.70. The van der Waals surface area contributed by atoms with Crippen molar-refractivity contribution in [2.75, 3.05) is 28.1 Å². The highest BCUT2D eigenvalue weighted by atomic mass is 16.7. The van der Waals surface area contributed by atoms with Gasteiger partial charge in [0, 0.05) is 25.6 Å². The van der Waals surface area contributed by atoms with Gasteiger partial charge in [0.2, 0.25) is 12.5 Å². The van der Waals surface area contributed by atoms with Crippen LogP contribution < -0.4 is 14.2 Å². The Morgan fingerprint density at radius 1 is 1.31 bits per heavy atom. The molecule has 6 atom stereocenters. The van der Waals surface area contributed by atoms with Crippen LogP contribution in [-0.4, -0.2) is 56.8 Å². The topological polar surface area (TPSA) is 83.5 Å². The molecule has 7 nitrogen and oxygen atoms in total. The molecular weight excluding hydrogens is 376 g/mol. The maximum Gasteiger partial charge on any atom is 0.231 e. The monoisotopic (exact) mass is 404 g/mol. The van der Waals surface area contributed by atoms with Crippen LogP contribution in [0.15, 0.2) is 24.8 Å². The number of carbonyl (C=O) groups is 1. The molecule has 0 aromatic heterocycles. The van der Waals surface area contributed by atoms with Gasteiger partial charge >= 0.3 is 0 Å². The lowest BCUT2D eigenvalue weighted by Gasteiger charge is -2.45. The highest BCUT2D eigenvalue weighted by molar-refractivity contribution is 5.99. The van der Waals surface area contributed by atoms with Gasteiger partial charge in [-0.25, -0.2) is 0 Å². The molecule has 1 aromatic carbocycles. The molecule has 0 saturated heterocycles. The maximum atomic E-state index is 13.8. The number of aliphatic hydroxyl groups excluding tert-OH is 1. The fourth-order valence-corrected chi connectivity index (χ4v) is 5.81. The van der Waals surface area contributed by atoms with Crippen LogP contribution in [0, 0.1) is 11.3 Å². The van der Waals surface area contributed by atoms with Gasteiger partial charge in [-0.2, -0.15) is 0 Å². The lowest BCUT2D eigenvalue weighted by atomic mass is 9.66. The highest BCUT2D eigenvalue weighted by Gasteiger charge is 2.74. The van der Waals surface area contributed by atoms with Crippen molar-refractivity contribution in [1.29, 1.82) is 0 Å². The molecule has 1 aromatic rings. The van der Waals surface area contributed by atoms with Crippen LogP contribution in [0.2, 0.25) is 0 Å². The van der Waals surface area contributed by atoms with Gasteiger partial charge in [0.05, 0.1) is 13.2 Å². The molecule has 29 heavy (non-hydrogen) atoms. The summed E-state index contributed by atoms with van der Waals surface area (Å²) in [6.07, 6.45) is 1.05. The van der Waals surface area contributed by atoms with Crippen LogP contribution in [0.4, 0.5) is 0 Å². The highest BCUT2D eigenvalue weighted by Crippen LogP contribution is 2.64. The summed E-state index contributed by atoms with van der Waals surface area (Å²) >= 11 is 0. The predicted octanol–water partition coefficient (Wildman–Crippen LogP) is 2.45. The average molecular weight is 404 g/mol. The third-order valence-electron chi connectivity index (χ3n) is 7.19. The predicted molar refractivity (Wildman–Crippen MR) is 104 cm³/mol. The second kappa shape index (κ2) is 7.00. The number of carbonyl (C=O) groups excluding carboxylic acids is 1. The number of fused-ring (bicyclic) bond motifs is 3. The molecule has 6 unspecified atom stereocenters. The fraction of sp³-hybridized carbons (Fsp3) is 0.591. The summed E-state index contributed by atoms with van der Waals surface area (Å²) in [6.45, 7) is 6.02. The van der Waals surface area contributed by atoms with E-state index in [1.807, 2.05) is 19.1 Å². The lowest BCUT2D eigenvalue weighted by Crippen LogP contribution is -2.62. The van der Waals surface area contributed by atoms with E-state index in [1.54, 1.807) is 20.3 Å². The summed E-state index contributed by atoms with van der Waals surface area (Å²) in [7, 11) is 4.59. The third-order valence-corrected chi connectivity index (χ3v) is 7.19. The van der Waals surface area contributed by atoms with E-state index in [1.165, 1.54) is 7.11 Å². The summed E-state index contributed by atoms with van der Waals surface area (Å²) in [5.41, 5.74) is -1.36. The van der Waals surface area contributed by atoms with Crippen molar-refractivity contribution in [1.82, 2.24) is 0 Å². The van der Waals surface area contributed by atoms with Crippen LogP contribution in [-0.2, 0) is 14.3 Å². The molecule has 7 heteroatoms. The molecule has 2 saturated carbocycles. The van der Waals surface area contributed by atoms with Crippen molar-refractivity contribution in [3.05, 3.63) is 30.4 Å². The van der Waals surface area contributed by atoms with E-state index >= 15 is 0 Å². The number of aliphatic hydroxyl groups is 1. The van der Waals surface area contributed by atoms with Crippen LogP contribution in [0.5, 0.6) is 17.2 Å². The minimum atomic E-state index is -1.43. The first-order valence-corrected chi connectivity index (χ1v) is 9.80. The van der Waals surface area contributed by atoms with Crippen LogP contribution in [0.3, 0.4) is 0 Å². The number of ketones is 1. The van der Waals surface area contributed by atoms with Crippen molar-refractivity contribution in [2.24, 2.45) is 11.3 Å². The van der Waals surface area contributed by atoms with E-state index < -0.39 is 29.1 Å². The van der Waals surface area contributed by atoms with Crippen molar-refractivity contribution < 1.29 is 33.6 Å². The number of ether oxygens (including phenoxy) is 5. The molecule has 2 bridgehead atoms. The molecule has 1 heterocycles. The van der Waals surface area contributed by atoms with E-state index in [0.717, 1.165) is 5.56 Å². The number of hydrogen-bond donors (Lipinski definition) is 1. The van der Waals surface area contributed by atoms with Crippen molar-refractivity contribution in [3.63, 3.8) is 0 Å². The summed E-state index contributed by atoms with van der Waals surface area (Å²) < 4.78 is 28.1. The van der Waals surface area contributed by atoms with E-state index in [9.17, 15) is 9.90 Å². The van der Waals surface area contributed by atoms with Crippen molar-refractivity contribution in [3.8, 4) is 17.2 Å².